The van der Waals surface area contributed by atoms with E-state index in [-0.39, 0.29) is 24.4 Å². The second-order valence-electron chi connectivity index (χ2n) is 5.74. The first kappa shape index (κ1) is 15.3. The summed E-state index contributed by atoms with van der Waals surface area (Å²) in [6.45, 7) is 3.73. The molecule has 2 aliphatic rings. The smallest absolute Gasteiger partial charge is 0.272 e. The third-order valence-corrected chi connectivity index (χ3v) is 4.67. The molecule has 0 radical (unpaired) electrons. The summed E-state index contributed by atoms with van der Waals surface area (Å²) in [5, 5.41) is 0. The van der Waals surface area contributed by atoms with Crippen LogP contribution < -0.4 is 5.73 Å². The minimum absolute atomic E-state index is 0. The Bertz CT molecular complexity index is 494. The Balaban J connectivity index is 0.00000147. The summed E-state index contributed by atoms with van der Waals surface area (Å²) in [6, 6.07) is 4.16. The van der Waals surface area contributed by atoms with Crippen LogP contribution in [0, 0.1) is 11.8 Å². The SMILES string of the molecule is CCc1cccnc1C(=O)N1CC2CCC(N)C2C1.Cl. The third-order valence-electron chi connectivity index (χ3n) is 4.67. The summed E-state index contributed by atoms with van der Waals surface area (Å²) in [6.07, 6.45) is 4.82. The van der Waals surface area contributed by atoms with E-state index in [9.17, 15) is 4.79 Å². The van der Waals surface area contributed by atoms with Crippen molar-refractivity contribution in [3.8, 4) is 0 Å². The molecule has 1 saturated heterocycles. The van der Waals surface area contributed by atoms with E-state index >= 15 is 0 Å². The highest BCUT2D eigenvalue weighted by Gasteiger charge is 2.42. The van der Waals surface area contributed by atoms with Gasteiger partial charge in [-0.15, -0.1) is 12.4 Å². The molecule has 1 aliphatic carbocycles. The van der Waals surface area contributed by atoms with Crippen LogP contribution in [-0.4, -0.2) is 34.9 Å². The van der Waals surface area contributed by atoms with Crippen molar-refractivity contribution < 1.29 is 4.79 Å². The number of carbonyl (C=O) groups excluding carboxylic acids is 1. The van der Waals surface area contributed by atoms with Crippen molar-refractivity contribution >= 4 is 18.3 Å². The summed E-state index contributed by atoms with van der Waals surface area (Å²) in [5.41, 5.74) is 7.78. The molecule has 3 unspecified atom stereocenters. The summed E-state index contributed by atoms with van der Waals surface area (Å²) in [5.74, 6) is 1.18. The highest BCUT2D eigenvalue weighted by molar-refractivity contribution is 5.94. The number of pyridine rings is 1. The van der Waals surface area contributed by atoms with Gasteiger partial charge in [0.1, 0.15) is 5.69 Å². The molecule has 5 heteroatoms. The maximum absolute atomic E-state index is 12.6. The normalized spacial score (nSPS) is 28.1. The van der Waals surface area contributed by atoms with Crippen LogP contribution in [0.15, 0.2) is 18.3 Å². The van der Waals surface area contributed by atoms with Crippen molar-refractivity contribution in [1.29, 1.82) is 0 Å². The van der Waals surface area contributed by atoms with Gasteiger partial charge in [0.25, 0.3) is 5.91 Å². The van der Waals surface area contributed by atoms with Crippen LogP contribution in [-0.2, 0) is 6.42 Å². The van der Waals surface area contributed by atoms with Gasteiger partial charge in [-0.25, -0.2) is 0 Å². The Labute approximate surface area is 126 Å². The number of halogens is 1. The Hall–Kier alpha value is -1.13. The molecule has 2 heterocycles. The number of likely N-dealkylation sites (tertiary alicyclic amines) is 1. The Kier molecular flexibility index (Phi) is 4.66. The Morgan fingerprint density at radius 2 is 2.25 bits per heavy atom. The monoisotopic (exact) mass is 295 g/mol. The maximum atomic E-state index is 12.6. The number of amides is 1. The second kappa shape index (κ2) is 6.10. The number of aryl methyl sites for hydroxylation is 1. The molecule has 4 nitrogen and oxygen atoms in total. The Morgan fingerprint density at radius 3 is 2.95 bits per heavy atom. The van der Waals surface area contributed by atoms with E-state index in [1.807, 2.05) is 17.0 Å². The van der Waals surface area contributed by atoms with Crippen LogP contribution in [0.25, 0.3) is 0 Å². The summed E-state index contributed by atoms with van der Waals surface area (Å²) in [4.78, 5) is 18.8. The van der Waals surface area contributed by atoms with Crippen LogP contribution in [0.2, 0.25) is 0 Å². The Morgan fingerprint density at radius 1 is 1.45 bits per heavy atom. The zero-order valence-electron chi connectivity index (χ0n) is 11.8. The number of nitrogens with two attached hydrogens (primary N) is 1. The number of aromatic nitrogens is 1. The van der Waals surface area contributed by atoms with Gasteiger partial charge in [0.2, 0.25) is 0 Å². The first-order valence-corrected chi connectivity index (χ1v) is 7.19. The summed E-state index contributed by atoms with van der Waals surface area (Å²) < 4.78 is 0. The zero-order valence-corrected chi connectivity index (χ0v) is 12.6. The van der Waals surface area contributed by atoms with E-state index in [0.717, 1.165) is 31.5 Å². The molecule has 20 heavy (non-hydrogen) atoms. The lowest BCUT2D eigenvalue weighted by atomic mass is 9.98. The molecule has 0 aromatic carbocycles. The third kappa shape index (κ3) is 2.54. The molecule has 1 aromatic heterocycles. The van der Waals surface area contributed by atoms with Crippen LogP contribution in [0.5, 0.6) is 0 Å². The van der Waals surface area contributed by atoms with E-state index in [1.54, 1.807) is 6.20 Å². The van der Waals surface area contributed by atoms with Crippen molar-refractivity contribution in [2.24, 2.45) is 17.6 Å². The molecule has 3 atom stereocenters. The van der Waals surface area contributed by atoms with Crippen molar-refractivity contribution in [3.63, 3.8) is 0 Å². The van der Waals surface area contributed by atoms with Gasteiger partial charge in [-0.05, 0) is 42.7 Å². The van der Waals surface area contributed by atoms with Crippen LogP contribution in [0.1, 0.15) is 35.8 Å². The summed E-state index contributed by atoms with van der Waals surface area (Å²) >= 11 is 0. The highest BCUT2D eigenvalue weighted by Crippen LogP contribution is 2.37. The largest absolute Gasteiger partial charge is 0.337 e. The van der Waals surface area contributed by atoms with Gasteiger partial charge < -0.3 is 10.6 Å². The van der Waals surface area contributed by atoms with Gasteiger partial charge in [-0.1, -0.05) is 13.0 Å². The lowest BCUT2D eigenvalue weighted by Gasteiger charge is -2.19. The topological polar surface area (TPSA) is 59.2 Å². The van der Waals surface area contributed by atoms with Crippen LogP contribution in [0.4, 0.5) is 0 Å². The number of carbonyl (C=O) groups is 1. The molecule has 2 fully saturated rings. The average Bonchev–Trinajstić information content (AvgIpc) is 3.00. The van der Waals surface area contributed by atoms with E-state index in [1.165, 1.54) is 6.42 Å². The second-order valence-corrected chi connectivity index (χ2v) is 5.74. The number of nitrogens with zero attached hydrogens (tertiary/aromatic N) is 2. The summed E-state index contributed by atoms with van der Waals surface area (Å²) in [7, 11) is 0. The fourth-order valence-electron chi connectivity index (χ4n) is 3.54. The lowest BCUT2D eigenvalue weighted by molar-refractivity contribution is 0.0772. The van der Waals surface area contributed by atoms with E-state index < -0.39 is 0 Å². The average molecular weight is 296 g/mol. The molecular weight excluding hydrogens is 274 g/mol. The van der Waals surface area contributed by atoms with E-state index in [4.69, 9.17) is 5.73 Å². The van der Waals surface area contributed by atoms with Gasteiger partial charge in [-0.3, -0.25) is 9.78 Å². The molecular formula is C15H22ClN3O. The van der Waals surface area contributed by atoms with E-state index in [0.29, 0.717) is 17.5 Å². The van der Waals surface area contributed by atoms with Crippen LogP contribution in [0.3, 0.4) is 0 Å². The first-order valence-electron chi connectivity index (χ1n) is 7.19. The quantitative estimate of drug-likeness (QED) is 0.906. The van der Waals surface area contributed by atoms with Gasteiger partial charge in [0, 0.05) is 25.3 Å². The first-order chi connectivity index (χ1) is 9.20. The van der Waals surface area contributed by atoms with E-state index in [2.05, 4.69) is 11.9 Å². The van der Waals surface area contributed by atoms with Crippen molar-refractivity contribution in [2.75, 3.05) is 13.1 Å². The molecule has 2 N–H and O–H groups in total. The van der Waals surface area contributed by atoms with Gasteiger partial charge >= 0.3 is 0 Å². The molecule has 110 valence electrons. The number of rotatable bonds is 2. The number of hydrogen-bond acceptors (Lipinski definition) is 3. The molecule has 0 bridgehead atoms. The van der Waals surface area contributed by atoms with Crippen molar-refractivity contribution in [3.05, 3.63) is 29.6 Å². The van der Waals surface area contributed by atoms with Crippen molar-refractivity contribution in [2.45, 2.75) is 32.2 Å². The highest BCUT2D eigenvalue weighted by atomic mass is 35.5. The number of hydrogen-bond donors (Lipinski definition) is 1. The minimum atomic E-state index is 0. The van der Waals surface area contributed by atoms with Gasteiger partial charge in [0.05, 0.1) is 0 Å². The molecule has 1 aromatic rings. The fourth-order valence-corrected chi connectivity index (χ4v) is 3.54. The molecule has 1 aliphatic heterocycles. The fraction of sp³-hybridized carbons (Fsp3) is 0.600. The maximum Gasteiger partial charge on any atom is 0.272 e. The lowest BCUT2D eigenvalue weighted by Crippen LogP contribution is -2.34. The van der Waals surface area contributed by atoms with Crippen molar-refractivity contribution in [1.82, 2.24) is 9.88 Å². The van der Waals surface area contributed by atoms with Crippen LogP contribution >= 0.6 is 12.4 Å². The standard InChI is InChI=1S/C15H21N3O.ClH/c1-2-10-4-3-7-17-14(10)15(19)18-8-11-5-6-13(16)12(11)9-18;/h3-4,7,11-13H,2,5-6,8-9,16H2,1H3;1H. The number of fused-ring (bicyclic) bond motifs is 1. The zero-order chi connectivity index (χ0) is 13.4. The predicted molar refractivity (Wildman–Crippen MR) is 81.0 cm³/mol. The molecule has 1 amide bonds. The molecule has 0 spiro atoms. The molecule has 3 rings (SSSR count). The molecule has 1 saturated carbocycles. The van der Waals surface area contributed by atoms with Gasteiger partial charge in [0.15, 0.2) is 0 Å². The van der Waals surface area contributed by atoms with Gasteiger partial charge in [-0.2, -0.15) is 0 Å². The minimum Gasteiger partial charge on any atom is -0.337 e. The predicted octanol–water partition coefficient (Wildman–Crippen LogP) is 1.88.